The Morgan fingerprint density at radius 1 is 1.29 bits per heavy atom. The summed E-state index contributed by atoms with van der Waals surface area (Å²) in [6.45, 7) is 9.33. The molecule has 0 aromatic carbocycles. The van der Waals surface area contributed by atoms with E-state index in [1.807, 2.05) is 0 Å². The summed E-state index contributed by atoms with van der Waals surface area (Å²) in [5.41, 5.74) is 0.685. The predicted octanol–water partition coefficient (Wildman–Crippen LogP) is 3.59. The van der Waals surface area contributed by atoms with E-state index in [1.54, 1.807) is 0 Å². The molecule has 14 heavy (non-hydrogen) atoms. The second-order valence-electron chi connectivity index (χ2n) is 5.23. The summed E-state index contributed by atoms with van der Waals surface area (Å²) < 4.78 is 0. The largest absolute Gasteiger partial charge is 0.316 e. The van der Waals surface area contributed by atoms with E-state index < -0.39 is 0 Å². The highest BCUT2D eigenvalue weighted by Gasteiger charge is 2.37. The molecule has 0 spiro atoms. The first-order valence-corrected chi connectivity index (χ1v) is 6.43. The van der Waals surface area contributed by atoms with E-state index in [0.717, 1.165) is 12.5 Å². The van der Waals surface area contributed by atoms with Gasteiger partial charge in [0.2, 0.25) is 0 Å². The Balaban J connectivity index is 2.29. The molecule has 1 N–H and O–H groups in total. The van der Waals surface area contributed by atoms with Crippen molar-refractivity contribution in [2.24, 2.45) is 11.3 Å². The van der Waals surface area contributed by atoms with Crippen LogP contribution in [0.1, 0.15) is 59.3 Å². The van der Waals surface area contributed by atoms with Crippen molar-refractivity contribution in [1.82, 2.24) is 5.32 Å². The molecule has 1 saturated carbocycles. The topological polar surface area (TPSA) is 12.0 Å². The van der Waals surface area contributed by atoms with Crippen LogP contribution in [0.25, 0.3) is 0 Å². The fourth-order valence-corrected chi connectivity index (χ4v) is 2.85. The van der Waals surface area contributed by atoms with E-state index in [1.165, 1.54) is 45.1 Å². The summed E-state index contributed by atoms with van der Waals surface area (Å²) in [6, 6.07) is 0. The van der Waals surface area contributed by atoms with Crippen molar-refractivity contribution >= 4 is 0 Å². The van der Waals surface area contributed by atoms with Gasteiger partial charge in [-0.05, 0) is 37.1 Å². The average molecular weight is 197 g/mol. The Labute approximate surface area is 89.7 Å². The smallest absolute Gasteiger partial charge is 0.000779 e. The molecule has 84 valence electrons. The normalized spacial score (nSPS) is 21.6. The lowest BCUT2D eigenvalue weighted by atomic mass is 9.64. The van der Waals surface area contributed by atoms with Gasteiger partial charge < -0.3 is 5.32 Å². The van der Waals surface area contributed by atoms with Crippen molar-refractivity contribution in [3.63, 3.8) is 0 Å². The number of rotatable bonds is 7. The number of hydrogen-bond acceptors (Lipinski definition) is 1. The van der Waals surface area contributed by atoms with Crippen LogP contribution in [0.4, 0.5) is 0 Å². The molecular weight excluding hydrogens is 170 g/mol. The summed E-state index contributed by atoms with van der Waals surface area (Å²) in [5, 5.41) is 3.54. The highest BCUT2D eigenvalue weighted by atomic mass is 14.9. The molecule has 1 rings (SSSR count). The molecule has 1 heteroatoms. The Kier molecular flexibility index (Phi) is 4.94. The van der Waals surface area contributed by atoms with Gasteiger partial charge in [0.25, 0.3) is 0 Å². The van der Waals surface area contributed by atoms with Gasteiger partial charge in [0.15, 0.2) is 0 Å². The van der Waals surface area contributed by atoms with Crippen LogP contribution in [0.5, 0.6) is 0 Å². The summed E-state index contributed by atoms with van der Waals surface area (Å²) in [5.74, 6) is 0.930. The molecule has 0 aromatic heterocycles. The van der Waals surface area contributed by atoms with E-state index in [9.17, 15) is 0 Å². The van der Waals surface area contributed by atoms with Crippen molar-refractivity contribution < 1.29 is 0 Å². The van der Waals surface area contributed by atoms with Crippen LogP contribution < -0.4 is 5.32 Å². The van der Waals surface area contributed by atoms with E-state index in [-0.39, 0.29) is 0 Å². The van der Waals surface area contributed by atoms with Gasteiger partial charge in [0, 0.05) is 6.54 Å². The molecule has 1 aliphatic carbocycles. The molecule has 0 aliphatic heterocycles. The molecule has 0 aromatic rings. The van der Waals surface area contributed by atoms with Gasteiger partial charge in [-0.3, -0.25) is 0 Å². The fourth-order valence-electron chi connectivity index (χ4n) is 2.85. The minimum Gasteiger partial charge on any atom is -0.316 e. The molecule has 0 saturated heterocycles. The van der Waals surface area contributed by atoms with Crippen molar-refractivity contribution in [2.45, 2.75) is 59.3 Å². The van der Waals surface area contributed by atoms with Crippen LogP contribution in [0.2, 0.25) is 0 Å². The number of hydrogen-bond donors (Lipinski definition) is 1. The number of nitrogens with one attached hydrogen (secondary N) is 1. The standard InChI is InChI=1S/C13H27N/c1-4-7-12(3)10-13(8-6-9-13)11-14-5-2/h12,14H,4-11H2,1-3H3. The van der Waals surface area contributed by atoms with Gasteiger partial charge >= 0.3 is 0 Å². The minimum absolute atomic E-state index is 0.685. The second-order valence-corrected chi connectivity index (χ2v) is 5.23. The molecular formula is C13H27N. The molecule has 1 unspecified atom stereocenters. The first-order valence-electron chi connectivity index (χ1n) is 6.43. The zero-order valence-corrected chi connectivity index (χ0v) is 10.2. The third kappa shape index (κ3) is 3.27. The zero-order valence-electron chi connectivity index (χ0n) is 10.2. The van der Waals surface area contributed by atoms with Crippen molar-refractivity contribution in [3.05, 3.63) is 0 Å². The maximum absolute atomic E-state index is 3.54. The van der Waals surface area contributed by atoms with Crippen LogP contribution in [0.15, 0.2) is 0 Å². The van der Waals surface area contributed by atoms with E-state index in [4.69, 9.17) is 0 Å². The van der Waals surface area contributed by atoms with Crippen molar-refractivity contribution in [1.29, 1.82) is 0 Å². The second kappa shape index (κ2) is 5.75. The van der Waals surface area contributed by atoms with E-state index in [2.05, 4.69) is 26.1 Å². The monoisotopic (exact) mass is 197 g/mol. The maximum Gasteiger partial charge on any atom is 0.000779 e. The molecule has 0 heterocycles. The molecule has 0 radical (unpaired) electrons. The van der Waals surface area contributed by atoms with Crippen LogP contribution in [-0.4, -0.2) is 13.1 Å². The third-order valence-electron chi connectivity index (χ3n) is 3.73. The average Bonchev–Trinajstić information content (AvgIpc) is 2.10. The van der Waals surface area contributed by atoms with Crippen LogP contribution >= 0.6 is 0 Å². The van der Waals surface area contributed by atoms with E-state index >= 15 is 0 Å². The first-order chi connectivity index (χ1) is 6.72. The quantitative estimate of drug-likeness (QED) is 0.657. The van der Waals surface area contributed by atoms with Crippen LogP contribution in [-0.2, 0) is 0 Å². The zero-order chi connectivity index (χ0) is 10.4. The Morgan fingerprint density at radius 2 is 2.00 bits per heavy atom. The minimum atomic E-state index is 0.685. The first kappa shape index (κ1) is 12.0. The van der Waals surface area contributed by atoms with Crippen molar-refractivity contribution in [2.75, 3.05) is 13.1 Å². The highest BCUT2D eigenvalue weighted by molar-refractivity contribution is 4.90. The molecule has 1 atom stereocenters. The van der Waals surface area contributed by atoms with Gasteiger partial charge in [-0.15, -0.1) is 0 Å². The molecule has 0 bridgehead atoms. The Bertz CT molecular complexity index is 149. The van der Waals surface area contributed by atoms with Crippen LogP contribution in [0.3, 0.4) is 0 Å². The lowest BCUT2D eigenvalue weighted by Crippen LogP contribution is -2.41. The summed E-state index contributed by atoms with van der Waals surface area (Å²) in [4.78, 5) is 0. The van der Waals surface area contributed by atoms with Gasteiger partial charge in [-0.25, -0.2) is 0 Å². The van der Waals surface area contributed by atoms with E-state index in [0.29, 0.717) is 5.41 Å². The molecule has 1 nitrogen and oxygen atoms in total. The highest BCUT2D eigenvalue weighted by Crippen LogP contribution is 2.45. The lowest BCUT2D eigenvalue weighted by Gasteiger charge is -2.44. The summed E-state index contributed by atoms with van der Waals surface area (Å²) in [7, 11) is 0. The van der Waals surface area contributed by atoms with Gasteiger partial charge in [-0.2, -0.15) is 0 Å². The Morgan fingerprint density at radius 3 is 2.43 bits per heavy atom. The van der Waals surface area contributed by atoms with Gasteiger partial charge in [0.05, 0.1) is 0 Å². The fraction of sp³-hybridized carbons (Fsp3) is 1.00. The maximum atomic E-state index is 3.54. The van der Waals surface area contributed by atoms with Crippen LogP contribution in [0, 0.1) is 11.3 Å². The van der Waals surface area contributed by atoms with Crippen molar-refractivity contribution in [3.8, 4) is 0 Å². The SMILES string of the molecule is CCCC(C)CC1(CNCC)CCC1. The van der Waals surface area contributed by atoms with Gasteiger partial charge in [-0.1, -0.05) is 40.0 Å². The Hall–Kier alpha value is -0.0400. The molecule has 0 amide bonds. The van der Waals surface area contributed by atoms with Gasteiger partial charge in [0.1, 0.15) is 0 Å². The summed E-state index contributed by atoms with van der Waals surface area (Å²) >= 11 is 0. The predicted molar refractivity (Wildman–Crippen MR) is 63.5 cm³/mol. The summed E-state index contributed by atoms with van der Waals surface area (Å²) in [6.07, 6.45) is 8.60. The third-order valence-corrected chi connectivity index (χ3v) is 3.73. The molecule has 1 fully saturated rings. The molecule has 1 aliphatic rings. The lowest BCUT2D eigenvalue weighted by molar-refractivity contribution is 0.0933.